The molecule has 0 bridgehead atoms. The lowest BCUT2D eigenvalue weighted by molar-refractivity contribution is 1.61. The highest BCUT2D eigenvalue weighted by molar-refractivity contribution is 7.27. The molecule has 0 aliphatic carbocycles. The van der Waals surface area contributed by atoms with Crippen molar-refractivity contribution in [1.82, 2.24) is 0 Å². The van der Waals surface area contributed by atoms with E-state index in [0.29, 0.717) is 0 Å². The number of hydrogen-bond acceptors (Lipinski definition) is 3. The predicted molar refractivity (Wildman–Crippen MR) is 69.4 cm³/mol. The van der Waals surface area contributed by atoms with E-state index in [1.807, 2.05) is 18.2 Å². The highest BCUT2D eigenvalue weighted by atomic mass is 32.1. The molecule has 1 nitrogen and oxygen atoms in total. The van der Waals surface area contributed by atoms with Gasteiger partial charge in [0, 0.05) is 15.8 Å². The first-order valence-corrected chi connectivity index (χ1v) is 6.46. The molecule has 2 heterocycles. The van der Waals surface area contributed by atoms with E-state index in [9.17, 15) is 0 Å². The number of benzene rings is 1. The molecule has 15 heavy (non-hydrogen) atoms. The van der Waals surface area contributed by atoms with Crippen LogP contribution in [-0.2, 0) is 0 Å². The van der Waals surface area contributed by atoms with Gasteiger partial charge in [0.25, 0.3) is 0 Å². The van der Waals surface area contributed by atoms with Crippen molar-refractivity contribution in [3.8, 4) is 0 Å². The molecule has 74 valence electrons. The Morgan fingerprint density at radius 3 is 2.67 bits per heavy atom. The van der Waals surface area contributed by atoms with Crippen molar-refractivity contribution in [1.29, 1.82) is 0 Å². The highest BCUT2D eigenvalue weighted by Crippen LogP contribution is 2.36. The first kappa shape index (κ1) is 8.95. The summed E-state index contributed by atoms with van der Waals surface area (Å²) in [7, 11) is 0. The number of hydrogen-bond donors (Lipinski definition) is 1. The van der Waals surface area contributed by atoms with Crippen LogP contribution in [0.1, 0.15) is 0 Å². The van der Waals surface area contributed by atoms with Gasteiger partial charge < -0.3 is 5.32 Å². The Morgan fingerprint density at radius 2 is 1.80 bits per heavy atom. The smallest absolute Gasteiger partial charge is 0.0685 e. The number of anilines is 2. The lowest BCUT2D eigenvalue weighted by Crippen LogP contribution is -1.86. The van der Waals surface area contributed by atoms with Gasteiger partial charge >= 0.3 is 0 Å². The van der Waals surface area contributed by atoms with Gasteiger partial charge in [-0.2, -0.15) is 0 Å². The summed E-state index contributed by atoms with van der Waals surface area (Å²) >= 11 is 3.58. The zero-order valence-electron chi connectivity index (χ0n) is 7.94. The third-order valence-corrected chi connectivity index (χ3v) is 4.25. The molecule has 3 aromatic rings. The molecule has 3 heteroatoms. The van der Waals surface area contributed by atoms with E-state index in [4.69, 9.17) is 0 Å². The van der Waals surface area contributed by atoms with Gasteiger partial charge in [-0.1, -0.05) is 18.2 Å². The van der Waals surface area contributed by atoms with Crippen molar-refractivity contribution in [2.24, 2.45) is 0 Å². The Bertz CT molecular complexity index is 565. The molecule has 0 saturated heterocycles. The van der Waals surface area contributed by atoms with Gasteiger partial charge in [-0.3, -0.25) is 0 Å². The molecule has 0 radical (unpaired) electrons. The fourth-order valence-electron chi connectivity index (χ4n) is 1.53. The van der Waals surface area contributed by atoms with Gasteiger partial charge in [0.15, 0.2) is 0 Å². The SMILES string of the molecule is c1ccc(Nc2csc3ccsc23)cc1. The Kier molecular flexibility index (Phi) is 2.19. The highest BCUT2D eigenvalue weighted by Gasteiger charge is 2.04. The van der Waals surface area contributed by atoms with Crippen LogP contribution in [0, 0.1) is 0 Å². The minimum atomic E-state index is 1.14. The van der Waals surface area contributed by atoms with E-state index in [1.54, 1.807) is 22.7 Å². The average Bonchev–Trinajstić information content (AvgIpc) is 2.85. The standard InChI is InChI=1S/C12H9NS2/c1-2-4-9(5-3-1)13-10-8-15-11-6-7-14-12(10)11/h1-8,13H. The Labute approximate surface area is 96.0 Å². The summed E-state index contributed by atoms with van der Waals surface area (Å²) in [6.07, 6.45) is 0. The Morgan fingerprint density at radius 1 is 0.933 bits per heavy atom. The zero-order valence-corrected chi connectivity index (χ0v) is 9.57. The van der Waals surface area contributed by atoms with Crippen LogP contribution in [0.25, 0.3) is 9.40 Å². The fourth-order valence-corrected chi connectivity index (χ4v) is 3.52. The molecule has 0 aliphatic heterocycles. The third kappa shape index (κ3) is 1.64. The lowest BCUT2D eigenvalue weighted by Gasteiger charge is -2.02. The molecule has 0 fully saturated rings. The summed E-state index contributed by atoms with van der Waals surface area (Å²) in [6.45, 7) is 0. The monoisotopic (exact) mass is 231 g/mol. The van der Waals surface area contributed by atoms with Crippen molar-refractivity contribution in [2.45, 2.75) is 0 Å². The van der Waals surface area contributed by atoms with Gasteiger partial charge in [0.2, 0.25) is 0 Å². The molecule has 2 aromatic heterocycles. The van der Waals surface area contributed by atoms with Crippen molar-refractivity contribution >= 4 is 43.4 Å². The average molecular weight is 231 g/mol. The van der Waals surface area contributed by atoms with Crippen LogP contribution in [0.15, 0.2) is 47.2 Å². The molecule has 0 saturated carbocycles. The molecule has 0 spiro atoms. The van der Waals surface area contributed by atoms with E-state index < -0.39 is 0 Å². The quantitative estimate of drug-likeness (QED) is 0.673. The summed E-state index contributed by atoms with van der Waals surface area (Å²) in [5.41, 5.74) is 2.36. The van der Waals surface area contributed by atoms with Crippen LogP contribution in [-0.4, -0.2) is 0 Å². The van der Waals surface area contributed by atoms with Crippen LogP contribution in [0.3, 0.4) is 0 Å². The normalized spacial score (nSPS) is 10.7. The maximum Gasteiger partial charge on any atom is 0.0685 e. The second-order valence-corrected chi connectivity index (χ2v) is 5.08. The van der Waals surface area contributed by atoms with Crippen molar-refractivity contribution in [2.75, 3.05) is 5.32 Å². The van der Waals surface area contributed by atoms with Crippen LogP contribution in [0.5, 0.6) is 0 Å². The molecule has 3 rings (SSSR count). The number of thiophene rings is 2. The lowest BCUT2D eigenvalue weighted by atomic mass is 10.3. The summed E-state index contributed by atoms with van der Waals surface area (Å²) in [6, 6.07) is 12.4. The van der Waals surface area contributed by atoms with Gasteiger partial charge in [0.1, 0.15) is 0 Å². The van der Waals surface area contributed by atoms with Gasteiger partial charge in [0.05, 0.1) is 10.4 Å². The van der Waals surface area contributed by atoms with Crippen LogP contribution in [0.2, 0.25) is 0 Å². The van der Waals surface area contributed by atoms with Gasteiger partial charge in [-0.15, -0.1) is 22.7 Å². The van der Waals surface area contributed by atoms with Gasteiger partial charge in [-0.25, -0.2) is 0 Å². The third-order valence-electron chi connectivity index (χ3n) is 2.23. The zero-order chi connectivity index (χ0) is 10.1. The summed E-state index contributed by atoms with van der Waals surface area (Å²) < 4.78 is 2.71. The Balaban J connectivity index is 1.99. The van der Waals surface area contributed by atoms with Crippen molar-refractivity contribution in [3.63, 3.8) is 0 Å². The van der Waals surface area contributed by atoms with Crippen LogP contribution < -0.4 is 5.32 Å². The summed E-state index contributed by atoms with van der Waals surface area (Å²) in [5, 5.41) is 7.74. The Hall–Kier alpha value is -1.32. The molecule has 0 amide bonds. The molecule has 0 aliphatic rings. The molecule has 1 N–H and O–H groups in total. The molecule has 1 aromatic carbocycles. The van der Waals surface area contributed by atoms with Gasteiger partial charge in [-0.05, 0) is 23.6 Å². The first-order chi connectivity index (χ1) is 7.43. The van der Waals surface area contributed by atoms with Crippen LogP contribution >= 0.6 is 22.7 Å². The largest absolute Gasteiger partial charge is 0.354 e. The number of nitrogens with one attached hydrogen (secondary N) is 1. The summed E-state index contributed by atoms with van der Waals surface area (Å²) in [5.74, 6) is 0. The maximum atomic E-state index is 3.43. The second-order valence-electron chi connectivity index (χ2n) is 3.25. The van der Waals surface area contributed by atoms with E-state index in [1.165, 1.54) is 15.1 Å². The molecule has 0 atom stereocenters. The van der Waals surface area contributed by atoms with E-state index in [-0.39, 0.29) is 0 Å². The van der Waals surface area contributed by atoms with E-state index in [0.717, 1.165) is 5.69 Å². The fraction of sp³-hybridized carbons (Fsp3) is 0. The maximum absolute atomic E-state index is 3.43. The second kappa shape index (κ2) is 3.68. The number of fused-ring (bicyclic) bond motifs is 1. The number of para-hydroxylation sites is 1. The van der Waals surface area contributed by atoms with E-state index >= 15 is 0 Å². The minimum absolute atomic E-state index is 1.14. The van der Waals surface area contributed by atoms with E-state index in [2.05, 4.69) is 34.3 Å². The molecule has 0 unspecified atom stereocenters. The van der Waals surface area contributed by atoms with Crippen molar-refractivity contribution in [3.05, 3.63) is 47.2 Å². The number of rotatable bonds is 2. The summed E-state index contributed by atoms with van der Waals surface area (Å²) in [4.78, 5) is 0. The predicted octanol–water partition coefficient (Wildman–Crippen LogP) is 4.71. The van der Waals surface area contributed by atoms with Crippen LogP contribution in [0.4, 0.5) is 11.4 Å². The topological polar surface area (TPSA) is 12.0 Å². The first-order valence-electron chi connectivity index (χ1n) is 4.70. The van der Waals surface area contributed by atoms with Crippen molar-refractivity contribution < 1.29 is 0 Å². The minimum Gasteiger partial charge on any atom is -0.354 e. The molecular formula is C12H9NS2. The molecular weight excluding hydrogens is 222 g/mol.